The minimum absolute atomic E-state index is 0.272. The van der Waals surface area contributed by atoms with Gasteiger partial charge in [-0.2, -0.15) is 0 Å². The van der Waals surface area contributed by atoms with Crippen molar-refractivity contribution in [2.45, 2.75) is 33.6 Å². The molecule has 1 N–H and O–H groups in total. The van der Waals surface area contributed by atoms with Gasteiger partial charge in [0.05, 0.1) is 0 Å². The number of nitrogens with one attached hydrogen (secondary N) is 1. The Morgan fingerprint density at radius 2 is 1.38 bits per heavy atom. The zero-order valence-electron chi connectivity index (χ0n) is 13.3. The fourth-order valence-electron chi connectivity index (χ4n) is 2.47. The highest BCUT2D eigenvalue weighted by Crippen LogP contribution is 2.32. The molecule has 0 unspecified atom stereocenters. The van der Waals surface area contributed by atoms with Crippen molar-refractivity contribution in [3.05, 3.63) is 76.9 Å². The van der Waals surface area contributed by atoms with Crippen molar-refractivity contribution in [2.75, 3.05) is 0 Å². The van der Waals surface area contributed by atoms with E-state index in [0.717, 1.165) is 0 Å². The van der Waals surface area contributed by atoms with Gasteiger partial charge in [0.25, 0.3) is 0 Å². The number of hydrogen-bond acceptors (Lipinski definition) is 1. The van der Waals surface area contributed by atoms with E-state index >= 15 is 0 Å². The first-order valence-electron chi connectivity index (χ1n) is 7.37. The topological polar surface area (TPSA) is 23.9 Å². The molecule has 0 amide bonds. The highest BCUT2D eigenvalue weighted by atomic mass is 14.4. The predicted molar refractivity (Wildman–Crippen MR) is 92.2 cm³/mol. The molecule has 0 aromatic heterocycles. The second-order valence-corrected chi connectivity index (χ2v) is 5.78. The molecule has 2 aromatic carbocycles. The van der Waals surface area contributed by atoms with E-state index in [2.05, 4.69) is 69.3 Å². The number of allylic oxidation sites excluding steroid dienone is 2. The summed E-state index contributed by atoms with van der Waals surface area (Å²) in [7, 11) is 0. The standard InChI is InChI=1S/C20H23N/c1-14-5-9-18(10-6-14)17(4)20(13-16(3)21)19-11-7-15(2)8-12-19/h5-13,17,21H,1-4H3/b20-13+,21-16?/t17-/m1/s1. The lowest BCUT2D eigenvalue weighted by Gasteiger charge is -2.18. The highest BCUT2D eigenvalue weighted by Gasteiger charge is 2.13. The van der Waals surface area contributed by atoms with Gasteiger partial charge in [0.1, 0.15) is 0 Å². The van der Waals surface area contributed by atoms with Crippen molar-refractivity contribution >= 4 is 11.3 Å². The van der Waals surface area contributed by atoms with E-state index < -0.39 is 0 Å². The van der Waals surface area contributed by atoms with E-state index in [0.29, 0.717) is 5.71 Å². The molecule has 0 saturated heterocycles. The van der Waals surface area contributed by atoms with Crippen LogP contribution in [0.5, 0.6) is 0 Å². The molecule has 1 atom stereocenters. The maximum absolute atomic E-state index is 7.83. The number of benzene rings is 2. The Morgan fingerprint density at radius 1 is 0.905 bits per heavy atom. The molecule has 108 valence electrons. The monoisotopic (exact) mass is 277 g/mol. The van der Waals surface area contributed by atoms with Crippen LogP contribution in [0, 0.1) is 19.3 Å². The third kappa shape index (κ3) is 3.91. The molecule has 0 spiro atoms. The van der Waals surface area contributed by atoms with E-state index in [1.54, 1.807) is 0 Å². The van der Waals surface area contributed by atoms with Crippen LogP contribution >= 0.6 is 0 Å². The van der Waals surface area contributed by atoms with E-state index in [1.165, 1.54) is 27.8 Å². The van der Waals surface area contributed by atoms with Crippen LogP contribution in [0.1, 0.15) is 42.0 Å². The molecule has 1 heteroatoms. The maximum Gasteiger partial charge on any atom is 0.0286 e. The van der Waals surface area contributed by atoms with Crippen LogP contribution in [0.15, 0.2) is 54.6 Å². The van der Waals surface area contributed by atoms with Crippen molar-refractivity contribution in [2.24, 2.45) is 0 Å². The first kappa shape index (κ1) is 15.2. The fraction of sp³-hybridized carbons (Fsp3) is 0.250. The molecule has 0 saturated carbocycles. The minimum atomic E-state index is 0.272. The van der Waals surface area contributed by atoms with Gasteiger partial charge in [0, 0.05) is 11.6 Å². The molecule has 2 aromatic rings. The summed E-state index contributed by atoms with van der Waals surface area (Å²) in [5.41, 5.74) is 6.80. The van der Waals surface area contributed by atoms with Gasteiger partial charge in [0.2, 0.25) is 0 Å². The predicted octanol–water partition coefficient (Wildman–Crippen LogP) is 5.53. The summed E-state index contributed by atoms with van der Waals surface area (Å²) >= 11 is 0. The van der Waals surface area contributed by atoms with E-state index in [9.17, 15) is 0 Å². The van der Waals surface area contributed by atoms with Crippen molar-refractivity contribution in [3.63, 3.8) is 0 Å². The molecule has 1 nitrogen and oxygen atoms in total. The van der Waals surface area contributed by atoms with Gasteiger partial charge in [-0.3, -0.25) is 0 Å². The number of hydrogen-bond donors (Lipinski definition) is 1. The lowest BCUT2D eigenvalue weighted by atomic mass is 9.87. The summed E-state index contributed by atoms with van der Waals surface area (Å²) in [6, 6.07) is 17.2. The van der Waals surface area contributed by atoms with Crippen LogP contribution in [0.3, 0.4) is 0 Å². The Hall–Kier alpha value is -2.15. The molecule has 0 bridgehead atoms. The van der Waals surface area contributed by atoms with E-state index in [4.69, 9.17) is 5.41 Å². The SMILES string of the molecule is CC(=N)/C=C(/c1ccc(C)cc1)[C@H](C)c1ccc(C)cc1. The lowest BCUT2D eigenvalue weighted by Crippen LogP contribution is -2.00. The van der Waals surface area contributed by atoms with Crippen LogP contribution in [-0.2, 0) is 0 Å². The Bertz CT molecular complexity index is 645. The van der Waals surface area contributed by atoms with Crippen LogP contribution in [0.25, 0.3) is 5.57 Å². The summed E-state index contributed by atoms with van der Waals surface area (Å²) in [5.74, 6) is 0.272. The maximum atomic E-state index is 7.83. The largest absolute Gasteiger partial charge is 0.306 e. The molecule has 0 aliphatic heterocycles. The van der Waals surface area contributed by atoms with E-state index in [1.807, 2.05) is 13.0 Å². The van der Waals surface area contributed by atoms with Crippen LogP contribution in [0.4, 0.5) is 0 Å². The van der Waals surface area contributed by atoms with Gasteiger partial charge in [-0.15, -0.1) is 0 Å². The first-order chi connectivity index (χ1) is 9.97. The van der Waals surface area contributed by atoms with Gasteiger partial charge in [-0.1, -0.05) is 66.6 Å². The Balaban J connectivity index is 2.43. The Kier molecular flexibility index (Phi) is 4.74. The summed E-state index contributed by atoms with van der Waals surface area (Å²) in [6.07, 6.45) is 1.98. The molecule has 0 radical (unpaired) electrons. The lowest BCUT2D eigenvalue weighted by molar-refractivity contribution is 0.987. The zero-order valence-corrected chi connectivity index (χ0v) is 13.3. The average Bonchev–Trinajstić information content (AvgIpc) is 2.46. The molecule has 0 heterocycles. The first-order valence-corrected chi connectivity index (χ1v) is 7.37. The Morgan fingerprint density at radius 3 is 1.86 bits per heavy atom. The van der Waals surface area contributed by atoms with Crippen LogP contribution < -0.4 is 0 Å². The molecule has 0 aliphatic rings. The van der Waals surface area contributed by atoms with Crippen molar-refractivity contribution in [3.8, 4) is 0 Å². The van der Waals surface area contributed by atoms with Crippen LogP contribution in [-0.4, -0.2) is 5.71 Å². The van der Waals surface area contributed by atoms with Crippen molar-refractivity contribution in [1.29, 1.82) is 5.41 Å². The number of rotatable bonds is 4. The van der Waals surface area contributed by atoms with Crippen molar-refractivity contribution in [1.82, 2.24) is 0 Å². The molecular weight excluding hydrogens is 254 g/mol. The Labute approximate surface area is 127 Å². The van der Waals surface area contributed by atoms with Gasteiger partial charge in [-0.05, 0) is 43.5 Å². The molecule has 0 fully saturated rings. The normalized spacial score (nSPS) is 13.0. The fourth-order valence-corrected chi connectivity index (χ4v) is 2.47. The molecule has 0 aliphatic carbocycles. The quantitative estimate of drug-likeness (QED) is 0.710. The second kappa shape index (κ2) is 6.53. The van der Waals surface area contributed by atoms with E-state index in [-0.39, 0.29) is 5.92 Å². The molecule has 2 rings (SSSR count). The minimum Gasteiger partial charge on any atom is -0.306 e. The average molecular weight is 277 g/mol. The molecular formula is C20H23N. The van der Waals surface area contributed by atoms with Gasteiger partial charge in [-0.25, -0.2) is 0 Å². The summed E-state index contributed by atoms with van der Waals surface area (Å²) in [6.45, 7) is 8.24. The zero-order chi connectivity index (χ0) is 15.4. The molecule has 21 heavy (non-hydrogen) atoms. The third-order valence-corrected chi connectivity index (χ3v) is 3.80. The summed E-state index contributed by atoms with van der Waals surface area (Å²) in [4.78, 5) is 0. The number of aryl methyl sites for hydroxylation is 2. The van der Waals surface area contributed by atoms with Gasteiger partial charge < -0.3 is 5.41 Å². The third-order valence-electron chi connectivity index (χ3n) is 3.80. The van der Waals surface area contributed by atoms with Crippen molar-refractivity contribution < 1.29 is 0 Å². The van der Waals surface area contributed by atoms with Gasteiger partial charge >= 0.3 is 0 Å². The smallest absolute Gasteiger partial charge is 0.0286 e. The van der Waals surface area contributed by atoms with Gasteiger partial charge in [0.15, 0.2) is 0 Å². The summed E-state index contributed by atoms with van der Waals surface area (Å²) < 4.78 is 0. The van der Waals surface area contributed by atoms with Crippen LogP contribution in [0.2, 0.25) is 0 Å². The second-order valence-electron chi connectivity index (χ2n) is 5.78. The summed E-state index contributed by atoms with van der Waals surface area (Å²) in [5, 5.41) is 7.83. The highest BCUT2D eigenvalue weighted by molar-refractivity contribution is 5.98.